The first kappa shape index (κ1) is 14.6. The summed E-state index contributed by atoms with van der Waals surface area (Å²) in [5, 5.41) is 10.8. The van der Waals surface area contributed by atoms with Gasteiger partial charge in [-0.1, -0.05) is 25.1 Å². The van der Waals surface area contributed by atoms with Gasteiger partial charge in [0, 0.05) is 15.3 Å². The molecule has 2 nitrogen and oxygen atoms in total. The molecule has 1 aromatic carbocycles. The lowest BCUT2D eigenvalue weighted by molar-refractivity contribution is 0.214. The molecular weight excluding hydrogens is 280 g/mol. The van der Waals surface area contributed by atoms with Crippen molar-refractivity contribution in [3.8, 4) is 5.75 Å². The van der Waals surface area contributed by atoms with Crippen molar-refractivity contribution in [2.24, 2.45) is 0 Å². The standard InChI is InChI=1S/C18H22O2S/c1-2-11-20-15-9-5-4-8-14(15)18(19)17-12-13-7-3-6-10-16(13)21-17/h4-5,8-9,12,18-19H,2-3,6-7,10-11H2,1H3. The molecule has 1 heterocycles. The zero-order chi connectivity index (χ0) is 14.7. The minimum Gasteiger partial charge on any atom is -0.493 e. The molecule has 112 valence electrons. The Balaban J connectivity index is 1.87. The number of hydrogen-bond donors (Lipinski definition) is 1. The van der Waals surface area contributed by atoms with Gasteiger partial charge in [0.15, 0.2) is 0 Å². The second kappa shape index (κ2) is 6.63. The van der Waals surface area contributed by atoms with E-state index in [9.17, 15) is 5.11 Å². The van der Waals surface area contributed by atoms with Crippen molar-refractivity contribution in [3.05, 3.63) is 51.2 Å². The summed E-state index contributed by atoms with van der Waals surface area (Å²) in [4.78, 5) is 2.51. The molecule has 0 fully saturated rings. The molecule has 0 aliphatic heterocycles. The highest BCUT2D eigenvalue weighted by Crippen LogP contribution is 2.37. The topological polar surface area (TPSA) is 29.5 Å². The molecule has 1 atom stereocenters. The quantitative estimate of drug-likeness (QED) is 0.881. The number of fused-ring (bicyclic) bond motifs is 1. The summed E-state index contributed by atoms with van der Waals surface area (Å²) in [5.41, 5.74) is 2.32. The van der Waals surface area contributed by atoms with Gasteiger partial charge < -0.3 is 9.84 Å². The number of benzene rings is 1. The Labute approximate surface area is 130 Å². The first-order chi connectivity index (χ1) is 10.3. The highest BCUT2D eigenvalue weighted by Gasteiger charge is 2.21. The Kier molecular flexibility index (Phi) is 4.61. The van der Waals surface area contributed by atoms with Gasteiger partial charge in [0.05, 0.1) is 6.61 Å². The molecule has 1 aliphatic rings. The highest BCUT2D eigenvalue weighted by atomic mass is 32.1. The molecule has 3 heteroatoms. The van der Waals surface area contributed by atoms with Crippen molar-refractivity contribution in [1.29, 1.82) is 0 Å². The Hall–Kier alpha value is -1.32. The fraction of sp³-hybridized carbons (Fsp3) is 0.444. The summed E-state index contributed by atoms with van der Waals surface area (Å²) in [6, 6.07) is 10.0. The molecule has 1 aliphatic carbocycles. The van der Waals surface area contributed by atoms with E-state index in [-0.39, 0.29) is 0 Å². The highest BCUT2D eigenvalue weighted by molar-refractivity contribution is 7.12. The molecule has 0 bridgehead atoms. The number of aliphatic hydroxyl groups excluding tert-OH is 1. The molecule has 0 amide bonds. The predicted octanol–water partition coefficient (Wildman–Crippen LogP) is 4.50. The molecule has 0 radical (unpaired) electrons. The lowest BCUT2D eigenvalue weighted by Gasteiger charge is -2.14. The number of thiophene rings is 1. The van der Waals surface area contributed by atoms with Gasteiger partial charge in [-0.15, -0.1) is 11.3 Å². The van der Waals surface area contributed by atoms with Crippen LogP contribution >= 0.6 is 11.3 Å². The van der Waals surface area contributed by atoms with Gasteiger partial charge >= 0.3 is 0 Å². The van der Waals surface area contributed by atoms with Gasteiger partial charge in [-0.05, 0) is 49.8 Å². The van der Waals surface area contributed by atoms with Gasteiger partial charge in [0.2, 0.25) is 0 Å². The number of aliphatic hydroxyl groups is 1. The molecule has 1 aromatic heterocycles. The van der Waals surface area contributed by atoms with E-state index in [1.54, 1.807) is 11.3 Å². The molecule has 3 rings (SSSR count). The van der Waals surface area contributed by atoms with E-state index < -0.39 is 6.10 Å². The molecule has 2 aromatic rings. The van der Waals surface area contributed by atoms with Gasteiger partial charge in [-0.25, -0.2) is 0 Å². The van der Waals surface area contributed by atoms with Crippen LogP contribution in [0.15, 0.2) is 30.3 Å². The first-order valence-corrected chi connectivity index (χ1v) is 8.62. The molecule has 1 unspecified atom stereocenters. The van der Waals surface area contributed by atoms with E-state index in [4.69, 9.17) is 4.74 Å². The van der Waals surface area contributed by atoms with Crippen LogP contribution in [0.25, 0.3) is 0 Å². The van der Waals surface area contributed by atoms with Crippen molar-refractivity contribution in [2.75, 3.05) is 6.61 Å². The maximum atomic E-state index is 10.8. The number of ether oxygens (including phenoxy) is 1. The third kappa shape index (κ3) is 3.14. The van der Waals surface area contributed by atoms with Gasteiger partial charge in [-0.3, -0.25) is 0 Å². The van der Waals surface area contributed by atoms with Crippen LogP contribution in [-0.4, -0.2) is 11.7 Å². The molecule has 1 N–H and O–H groups in total. The van der Waals surface area contributed by atoms with Crippen molar-refractivity contribution >= 4 is 11.3 Å². The van der Waals surface area contributed by atoms with Crippen LogP contribution in [0.5, 0.6) is 5.75 Å². The molecule has 0 spiro atoms. The first-order valence-electron chi connectivity index (χ1n) is 7.81. The predicted molar refractivity (Wildman–Crippen MR) is 87.3 cm³/mol. The van der Waals surface area contributed by atoms with E-state index >= 15 is 0 Å². The molecule has 21 heavy (non-hydrogen) atoms. The SMILES string of the molecule is CCCOc1ccccc1C(O)c1cc2c(s1)CCCC2. The van der Waals surface area contributed by atoms with Crippen LogP contribution in [-0.2, 0) is 12.8 Å². The van der Waals surface area contributed by atoms with Crippen molar-refractivity contribution in [1.82, 2.24) is 0 Å². The van der Waals surface area contributed by atoms with Crippen LogP contribution in [0.3, 0.4) is 0 Å². The Bertz CT molecular complexity index is 580. The number of rotatable bonds is 5. The third-order valence-corrected chi connectivity index (χ3v) is 5.25. The second-order valence-electron chi connectivity index (χ2n) is 5.59. The number of aryl methyl sites for hydroxylation is 2. The zero-order valence-electron chi connectivity index (χ0n) is 12.5. The smallest absolute Gasteiger partial charge is 0.125 e. The average molecular weight is 302 g/mol. The van der Waals surface area contributed by atoms with Crippen LogP contribution in [0.4, 0.5) is 0 Å². The number of para-hydroxylation sites is 1. The van der Waals surface area contributed by atoms with E-state index in [1.165, 1.54) is 29.7 Å². The summed E-state index contributed by atoms with van der Waals surface area (Å²) >= 11 is 1.77. The summed E-state index contributed by atoms with van der Waals surface area (Å²) in [6.07, 6.45) is 5.27. The van der Waals surface area contributed by atoms with Crippen molar-refractivity contribution in [3.63, 3.8) is 0 Å². The minimum absolute atomic E-state index is 0.575. The Morgan fingerprint density at radius 1 is 1.24 bits per heavy atom. The van der Waals surface area contributed by atoms with E-state index in [1.807, 2.05) is 24.3 Å². The summed E-state index contributed by atoms with van der Waals surface area (Å²) in [5.74, 6) is 0.804. The van der Waals surface area contributed by atoms with Crippen molar-refractivity contribution in [2.45, 2.75) is 45.1 Å². The van der Waals surface area contributed by atoms with Crippen LogP contribution in [0, 0.1) is 0 Å². The molecular formula is C18H22O2S. The normalized spacial score (nSPS) is 15.5. The van der Waals surface area contributed by atoms with Crippen LogP contribution in [0.2, 0.25) is 0 Å². The fourth-order valence-corrected chi connectivity index (χ4v) is 4.11. The van der Waals surface area contributed by atoms with Crippen LogP contribution < -0.4 is 4.74 Å². The monoisotopic (exact) mass is 302 g/mol. The van der Waals surface area contributed by atoms with E-state index in [0.29, 0.717) is 6.61 Å². The summed E-state index contributed by atoms with van der Waals surface area (Å²) < 4.78 is 5.78. The fourth-order valence-electron chi connectivity index (χ4n) is 2.85. The maximum Gasteiger partial charge on any atom is 0.125 e. The van der Waals surface area contributed by atoms with Gasteiger partial charge in [0.1, 0.15) is 11.9 Å². The lowest BCUT2D eigenvalue weighted by atomic mass is 9.98. The third-order valence-electron chi connectivity index (χ3n) is 3.96. The molecule has 0 saturated heterocycles. The maximum absolute atomic E-state index is 10.8. The minimum atomic E-state index is -0.575. The number of hydrogen-bond acceptors (Lipinski definition) is 3. The van der Waals surface area contributed by atoms with Crippen molar-refractivity contribution < 1.29 is 9.84 Å². The second-order valence-corrected chi connectivity index (χ2v) is 6.76. The van der Waals surface area contributed by atoms with Gasteiger partial charge in [0.25, 0.3) is 0 Å². The average Bonchev–Trinajstić information content (AvgIpc) is 2.96. The van der Waals surface area contributed by atoms with Crippen LogP contribution in [0.1, 0.15) is 53.2 Å². The largest absolute Gasteiger partial charge is 0.493 e. The van der Waals surface area contributed by atoms with Gasteiger partial charge in [-0.2, -0.15) is 0 Å². The van der Waals surface area contributed by atoms with E-state index in [2.05, 4.69) is 13.0 Å². The molecule has 0 saturated carbocycles. The van der Waals surface area contributed by atoms with E-state index in [0.717, 1.165) is 29.0 Å². The Morgan fingerprint density at radius 3 is 2.86 bits per heavy atom. The zero-order valence-corrected chi connectivity index (χ0v) is 13.3. The Morgan fingerprint density at radius 2 is 2.05 bits per heavy atom. The summed E-state index contributed by atoms with van der Waals surface area (Å²) in [6.45, 7) is 2.77. The lowest BCUT2D eigenvalue weighted by Crippen LogP contribution is -2.03. The summed E-state index contributed by atoms with van der Waals surface area (Å²) in [7, 11) is 0.